The molecule has 140 valence electrons. The number of rotatable bonds is 11. The summed E-state index contributed by atoms with van der Waals surface area (Å²) < 4.78 is 0. The highest BCUT2D eigenvalue weighted by atomic mass is 16.1. The van der Waals surface area contributed by atoms with Gasteiger partial charge in [-0.15, -0.1) is 0 Å². The van der Waals surface area contributed by atoms with Crippen molar-refractivity contribution in [1.82, 2.24) is 9.80 Å². The molecule has 0 radical (unpaired) electrons. The molecule has 1 saturated heterocycles. The molecule has 1 fully saturated rings. The first-order chi connectivity index (χ1) is 11.1. The number of ketones is 1. The molecular weight excluding hydrogens is 286 g/mol. The number of unbranched alkanes of at least 4 members (excludes halogenated alkanes) is 3. The molecule has 1 rings (SSSR count). The molecule has 1 aliphatic rings. The minimum absolute atomic E-state index is 0. The Kier molecular flexibility index (Phi) is 14.8. The van der Waals surface area contributed by atoms with Crippen LogP contribution in [-0.4, -0.2) is 61.4 Å². The van der Waals surface area contributed by atoms with Crippen LogP contribution < -0.4 is 5.73 Å². The monoisotopic (exact) mass is 329 g/mol. The Labute approximate surface area is 146 Å². The molecule has 0 unspecified atom stereocenters. The second-order valence-electron chi connectivity index (χ2n) is 6.61. The first-order valence-electron chi connectivity index (χ1n) is 9.81. The van der Waals surface area contributed by atoms with Gasteiger partial charge in [-0.1, -0.05) is 40.5 Å². The zero-order valence-corrected chi connectivity index (χ0v) is 16.1. The van der Waals surface area contributed by atoms with Crippen molar-refractivity contribution in [2.75, 3.05) is 45.8 Å². The second-order valence-corrected chi connectivity index (χ2v) is 6.61. The Hall–Kier alpha value is -0.450. The Bertz CT molecular complexity index is 280. The molecule has 2 N–H and O–H groups in total. The van der Waals surface area contributed by atoms with Gasteiger partial charge < -0.3 is 15.5 Å². The standard InChI is InChI=1S/C17H35N3O.C2H6.H2/c1-16(2)17(21)8-5-3-4-6-10-19-12-14-20(15-13-19)11-7-9-18;1-2;/h16H,3-15,18H2,1-2H3;1-2H3;1H. The van der Waals surface area contributed by atoms with E-state index in [9.17, 15) is 4.79 Å². The lowest BCUT2D eigenvalue weighted by Gasteiger charge is -2.34. The summed E-state index contributed by atoms with van der Waals surface area (Å²) in [6.07, 6.45) is 6.71. The molecule has 4 nitrogen and oxygen atoms in total. The molecule has 0 saturated carbocycles. The van der Waals surface area contributed by atoms with Gasteiger partial charge >= 0.3 is 0 Å². The fraction of sp³-hybridized carbons (Fsp3) is 0.947. The predicted octanol–water partition coefficient (Wildman–Crippen LogP) is 3.40. The number of nitrogens with two attached hydrogens (primary N) is 1. The van der Waals surface area contributed by atoms with Gasteiger partial charge in [-0.2, -0.15) is 0 Å². The number of Topliss-reactive ketones (excluding diaryl/α,β-unsaturated/α-hetero) is 1. The van der Waals surface area contributed by atoms with E-state index >= 15 is 0 Å². The molecule has 4 heteroatoms. The van der Waals surface area contributed by atoms with Crippen molar-refractivity contribution in [2.24, 2.45) is 11.7 Å². The van der Waals surface area contributed by atoms with Crippen LogP contribution >= 0.6 is 0 Å². The highest BCUT2D eigenvalue weighted by Crippen LogP contribution is 2.09. The summed E-state index contributed by atoms with van der Waals surface area (Å²) in [6, 6.07) is 0. The van der Waals surface area contributed by atoms with Crippen molar-refractivity contribution < 1.29 is 6.22 Å². The van der Waals surface area contributed by atoms with Crippen molar-refractivity contribution in [2.45, 2.75) is 66.2 Å². The lowest BCUT2D eigenvalue weighted by atomic mass is 10.0. The third-order valence-electron chi connectivity index (χ3n) is 4.43. The molecule has 1 heterocycles. The number of hydrogen-bond donors (Lipinski definition) is 1. The van der Waals surface area contributed by atoms with Crippen LogP contribution in [0.2, 0.25) is 0 Å². The second kappa shape index (κ2) is 15.1. The van der Waals surface area contributed by atoms with E-state index in [0.29, 0.717) is 5.78 Å². The summed E-state index contributed by atoms with van der Waals surface area (Å²) in [5.41, 5.74) is 5.56. The van der Waals surface area contributed by atoms with Crippen LogP contribution in [0.3, 0.4) is 0 Å². The van der Waals surface area contributed by atoms with Gasteiger partial charge in [-0.25, -0.2) is 0 Å². The van der Waals surface area contributed by atoms with E-state index in [0.717, 1.165) is 32.4 Å². The van der Waals surface area contributed by atoms with Crippen LogP contribution in [0.25, 0.3) is 0 Å². The van der Waals surface area contributed by atoms with Gasteiger partial charge in [-0.05, 0) is 38.9 Å². The van der Waals surface area contributed by atoms with Gasteiger partial charge in [0.15, 0.2) is 0 Å². The molecule has 0 atom stereocenters. The molecule has 0 aliphatic carbocycles. The van der Waals surface area contributed by atoms with Crippen molar-refractivity contribution in [3.63, 3.8) is 0 Å². The topological polar surface area (TPSA) is 49.6 Å². The summed E-state index contributed by atoms with van der Waals surface area (Å²) in [5.74, 6) is 0.629. The maximum atomic E-state index is 11.5. The molecule has 1 aliphatic heterocycles. The van der Waals surface area contributed by atoms with Gasteiger partial charge in [0.1, 0.15) is 5.78 Å². The van der Waals surface area contributed by atoms with Crippen LogP contribution in [-0.2, 0) is 4.79 Å². The molecule has 0 amide bonds. The highest BCUT2D eigenvalue weighted by Gasteiger charge is 2.15. The van der Waals surface area contributed by atoms with Gasteiger partial charge in [0.2, 0.25) is 0 Å². The van der Waals surface area contributed by atoms with Crippen LogP contribution in [0.4, 0.5) is 0 Å². The Morgan fingerprint density at radius 2 is 1.39 bits per heavy atom. The number of nitrogens with zero attached hydrogens (tertiary/aromatic N) is 2. The van der Waals surface area contributed by atoms with Crippen molar-refractivity contribution in [3.05, 3.63) is 0 Å². The number of piperazine rings is 1. The Morgan fingerprint density at radius 1 is 0.913 bits per heavy atom. The van der Waals surface area contributed by atoms with Crippen LogP contribution in [0.15, 0.2) is 0 Å². The molecule has 0 aromatic carbocycles. The summed E-state index contributed by atoms with van der Waals surface area (Å²) in [7, 11) is 0. The van der Waals surface area contributed by atoms with Gasteiger partial charge in [0.25, 0.3) is 0 Å². The van der Waals surface area contributed by atoms with E-state index in [1.807, 2.05) is 27.7 Å². The first-order valence-corrected chi connectivity index (χ1v) is 9.81. The quantitative estimate of drug-likeness (QED) is 0.590. The minimum atomic E-state index is 0. The normalized spacial score (nSPS) is 16.3. The van der Waals surface area contributed by atoms with E-state index < -0.39 is 0 Å². The zero-order chi connectivity index (χ0) is 17.5. The molecule has 0 aromatic heterocycles. The molecule has 23 heavy (non-hydrogen) atoms. The number of hydrogen-bond acceptors (Lipinski definition) is 4. The van der Waals surface area contributed by atoms with E-state index in [-0.39, 0.29) is 7.34 Å². The third kappa shape index (κ3) is 11.7. The van der Waals surface area contributed by atoms with Gasteiger partial charge in [0.05, 0.1) is 0 Å². The van der Waals surface area contributed by atoms with Crippen molar-refractivity contribution in [3.8, 4) is 0 Å². The lowest BCUT2D eigenvalue weighted by Crippen LogP contribution is -2.46. The minimum Gasteiger partial charge on any atom is -0.330 e. The number of carbonyl (C=O) groups is 1. The maximum absolute atomic E-state index is 11.5. The lowest BCUT2D eigenvalue weighted by molar-refractivity contribution is -0.122. The highest BCUT2D eigenvalue weighted by molar-refractivity contribution is 5.80. The summed E-state index contributed by atoms with van der Waals surface area (Å²) in [6.45, 7) is 16.0. The van der Waals surface area contributed by atoms with Crippen LogP contribution in [0.1, 0.15) is 67.6 Å². The van der Waals surface area contributed by atoms with E-state index in [4.69, 9.17) is 5.73 Å². The molecule has 0 aromatic rings. The average Bonchev–Trinajstić information content (AvgIpc) is 2.58. The third-order valence-corrected chi connectivity index (χ3v) is 4.43. The zero-order valence-electron chi connectivity index (χ0n) is 16.1. The molecule has 0 spiro atoms. The smallest absolute Gasteiger partial charge is 0.135 e. The molecule has 0 bridgehead atoms. The van der Waals surface area contributed by atoms with Crippen LogP contribution in [0.5, 0.6) is 0 Å². The molecular formula is C19H43N3O. The van der Waals surface area contributed by atoms with Crippen molar-refractivity contribution >= 4 is 5.78 Å². The summed E-state index contributed by atoms with van der Waals surface area (Å²) in [5, 5.41) is 0. The van der Waals surface area contributed by atoms with E-state index in [2.05, 4.69) is 9.80 Å². The fourth-order valence-corrected chi connectivity index (χ4v) is 2.83. The number of carbonyl (C=O) groups excluding carboxylic acids is 1. The maximum Gasteiger partial charge on any atom is 0.135 e. The average molecular weight is 330 g/mol. The van der Waals surface area contributed by atoms with Gasteiger partial charge in [-0.3, -0.25) is 4.79 Å². The fourth-order valence-electron chi connectivity index (χ4n) is 2.83. The Morgan fingerprint density at radius 3 is 1.87 bits per heavy atom. The summed E-state index contributed by atoms with van der Waals surface area (Å²) in [4.78, 5) is 16.6. The van der Waals surface area contributed by atoms with Gasteiger partial charge in [0, 0.05) is 39.9 Å². The summed E-state index contributed by atoms with van der Waals surface area (Å²) >= 11 is 0. The Balaban J connectivity index is 0. The van der Waals surface area contributed by atoms with Crippen LogP contribution in [0, 0.1) is 5.92 Å². The van der Waals surface area contributed by atoms with E-state index in [1.165, 1.54) is 52.0 Å². The first kappa shape index (κ1) is 22.6. The van der Waals surface area contributed by atoms with Crippen molar-refractivity contribution in [1.29, 1.82) is 0 Å². The predicted molar refractivity (Wildman–Crippen MR) is 103 cm³/mol. The SMILES string of the molecule is CC.CC(C)C(=O)CCCCCCN1CCN(CCCN)CC1.[HH]. The largest absolute Gasteiger partial charge is 0.330 e. The van der Waals surface area contributed by atoms with E-state index in [1.54, 1.807) is 0 Å².